The van der Waals surface area contributed by atoms with E-state index in [0.717, 1.165) is 36.1 Å². The predicted octanol–water partition coefficient (Wildman–Crippen LogP) is 3.38. The molecule has 350 valence electrons. The Balaban J connectivity index is 1.15. The van der Waals surface area contributed by atoms with Crippen molar-refractivity contribution in [2.24, 2.45) is 0 Å². The summed E-state index contributed by atoms with van der Waals surface area (Å²) in [5.74, 6) is -1.82. The van der Waals surface area contributed by atoms with Gasteiger partial charge in [0, 0.05) is 50.3 Å². The van der Waals surface area contributed by atoms with E-state index in [4.69, 9.17) is 4.74 Å². The van der Waals surface area contributed by atoms with Crippen LogP contribution in [0.25, 0.3) is 0 Å². The van der Waals surface area contributed by atoms with Gasteiger partial charge in [-0.3, -0.25) is 28.8 Å². The number of fused-ring (bicyclic) bond motifs is 1. The number of unbranched alkanes of at least 4 members (excludes halogenated alkanes) is 4. The highest BCUT2D eigenvalue weighted by molar-refractivity contribution is 14.1. The molecule has 0 bridgehead atoms. The number of halogens is 1. The Morgan fingerprint density at radius 2 is 1.52 bits per heavy atom. The molecule has 2 aliphatic rings. The van der Waals surface area contributed by atoms with Gasteiger partial charge in [0.1, 0.15) is 17.8 Å². The van der Waals surface area contributed by atoms with Crippen LogP contribution in [0.2, 0.25) is 0 Å². The summed E-state index contributed by atoms with van der Waals surface area (Å²) in [5.41, 5.74) is 2.60. The smallest absolute Gasteiger partial charge is 0.339 e. The fourth-order valence-corrected chi connectivity index (χ4v) is 9.71. The zero-order chi connectivity index (χ0) is 46.6. The van der Waals surface area contributed by atoms with E-state index < -0.39 is 48.2 Å². The summed E-state index contributed by atoms with van der Waals surface area (Å²) in [6, 6.07) is 8.58. The number of ether oxygens (including phenoxy) is 1. The number of benzene rings is 2. The lowest BCUT2D eigenvalue weighted by Gasteiger charge is -2.23. The van der Waals surface area contributed by atoms with Gasteiger partial charge in [-0.2, -0.15) is 11.8 Å². The predicted molar refractivity (Wildman–Crippen MR) is 251 cm³/mol. The molecule has 0 aromatic heterocycles. The van der Waals surface area contributed by atoms with Crippen LogP contribution in [0.5, 0.6) is 5.75 Å². The molecule has 0 saturated carbocycles. The van der Waals surface area contributed by atoms with Crippen LogP contribution in [0.3, 0.4) is 0 Å². The molecule has 0 spiro atoms. The molecule has 0 radical (unpaired) electrons. The zero-order valence-corrected chi connectivity index (χ0v) is 39.8. The molecule has 4 rings (SSSR count). The monoisotopic (exact) mass is 1020 g/mol. The van der Waals surface area contributed by atoms with Crippen molar-refractivity contribution in [2.45, 2.75) is 127 Å². The van der Waals surface area contributed by atoms with E-state index in [1.54, 1.807) is 38.1 Å². The number of amides is 7. The molecule has 17 nitrogen and oxygen atoms in total. The summed E-state index contributed by atoms with van der Waals surface area (Å²) in [6.07, 6.45) is 6.22. The Labute approximate surface area is 392 Å². The molecule has 64 heavy (non-hydrogen) atoms. The van der Waals surface area contributed by atoms with Crippen LogP contribution >= 0.6 is 34.4 Å². The lowest BCUT2D eigenvalue weighted by atomic mass is 10.0. The molecular formula is C45H62IN7O10S. The van der Waals surface area contributed by atoms with Gasteiger partial charge < -0.3 is 47.1 Å². The van der Waals surface area contributed by atoms with Crippen LogP contribution in [-0.4, -0.2) is 114 Å². The number of carbonyl (C=O) groups is 8. The highest BCUT2D eigenvalue weighted by Gasteiger charge is 2.42. The third-order valence-corrected chi connectivity index (χ3v) is 13.4. The first kappa shape index (κ1) is 51.7. The van der Waals surface area contributed by atoms with Crippen LogP contribution in [-0.2, 0) is 39.9 Å². The number of nitrogens with one attached hydrogen (secondary N) is 7. The van der Waals surface area contributed by atoms with Gasteiger partial charge >= 0.3 is 12.0 Å². The number of aromatic hydroxyl groups is 1. The van der Waals surface area contributed by atoms with Crippen molar-refractivity contribution in [3.05, 3.63) is 62.2 Å². The highest BCUT2D eigenvalue weighted by atomic mass is 125. The number of hydrogen-bond donors (Lipinski definition) is 8. The van der Waals surface area contributed by atoms with Crippen molar-refractivity contribution < 1.29 is 48.2 Å². The lowest BCUT2D eigenvalue weighted by molar-refractivity contribution is -0.131. The molecule has 0 aliphatic carbocycles. The molecule has 2 heterocycles. The number of carbonyl (C=O) groups excluding carboxylic acids is 8. The fourth-order valence-electron chi connectivity index (χ4n) is 7.59. The van der Waals surface area contributed by atoms with Crippen molar-refractivity contribution in [1.82, 2.24) is 37.2 Å². The van der Waals surface area contributed by atoms with E-state index in [1.807, 2.05) is 40.4 Å². The fraction of sp³-hybridized carbons (Fsp3) is 0.556. The maximum Gasteiger partial charge on any atom is 0.339 e. The number of thioether (sulfide) groups is 1. The van der Waals surface area contributed by atoms with E-state index in [0.29, 0.717) is 65.0 Å². The molecule has 2 aromatic carbocycles. The largest absolute Gasteiger partial charge is 0.507 e. The lowest BCUT2D eigenvalue weighted by Crippen LogP contribution is -2.54. The molecule has 19 heteroatoms. The third kappa shape index (κ3) is 17.6. The number of rotatable bonds is 27. The van der Waals surface area contributed by atoms with E-state index in [2.05, 4.69) is 37.2 Å². The molecule has 7 amide bonds. The minimum atomic E-state index is -1.01. The van der Waals surface area contributed by atoms with Crippen molar-refractivity contribution in [2.75, 3.05) is 32.0 Å². The summed E-state index contributed by atoms with van der Waals surface area (Å²) in [6.45, 7) is 4.83. The second kappa shape index (κ2) is 26.8. The third-order valence-electron chi connectivity index (χ3n) is 11.0. The Morgan fingerprint density at radius 3 is 2.23 bits per heavy atom. The summed E-state index contributed by atoms with van der Waals surface area (Å²) in [7, 11) is 0. The second-order valence-electron chi connectivity index (χ2n) is 16.3. The second-order valence-corrected chi connectivity index (χ2v) is 18.7. The van der Waals surface area contributed by atoms with Gasteiger partial charge in [0.05, 0.1) is 27.8 Å². The summed E-state index contributed by atoms with van der Waals surface area (Å²) < 4.78 is 5.73. The van der Waals surface area contributed by atoms with Gasteiger partial charge in [-0.05, 0) is 110 Å². The minimum absolute atomic E-state index is 0.0532. The average Bonchev–Trinajstić information content (AvgIpc) is 3.81. The van der Waals surface area contributed by atoms with Gasteiger partial charge in [0.15, 0.2) is 12.4 Å². The number of phenols is 1. The standard InChI is InChI=1S/C45H62IN7O10S/c1-27-12-11-13-28(2)40(27)44(61)63-25-31(55)24-49-39(58)16-5-4-9-21-48-42(59)34(23-30-18-19-36(56)32(46)22-30)51-43(60)33(50-29(3)54)14-8-10-20-47-38(57)17-7-6-15-37-41-35(26-64-37)52-45(62)53-41/h11-13,18-19,22,33-35,37,41,56H,4-10,14-17,20-21,23-26H2,1-3H3,(H,47,57)(H,48,59)(H,49,58)(H,50,54)(H,51,60)(H2,52,53,62)/t33-,34-,35-,37-,41-/m0/s1/i46-2. The van der Waals surface area contributed by atoms with Crippen LogP contribution < -0.4 is 37.2 Å². The van der Waals surface area contributed by atoms with Gasteiger partial charge in [0.2, 0.25) is 29.5 Å². The molecular weight excluding hydrogens is 956 g/mol. The SMILES string of the molecule is CC(=O)N[C@@H](CCCCNC(=O)CCCC[C@@H]1SC[C@@H]2NC(=O)N[C@@H]21)C(=O)N[C@@H](Cc1ccc(O)c([125I])c1)C(=O)NCCCCCC(=O)NCC(=O)COC(=O)c1c(C)cccc1C. The van der Waals surface area contributed by atoms with Crippen LogP contribution in [0.15, 0.2) is 36.4 Å². The van der Waals surface area contributed by atoms with Crippen LogP contribution in [0.1, 0.15) is 105 Å². The molecule has 8 N–H and O–H groups in total. The Bertz CT molecular complexity index is 1970. The van der Waals surface area contributed by atoms with Crippen molar-refractivity contribution >= 4 is 81.7 Å². The Hall–Kier alpha value is -4.92. The quantitative estimate of drug-likeness (QED) is 0.0279. The minimum Gasteiger partial charge on any atom is -0.507 e. The zero-order valence-electron chi connectivity index (χ0n) is 36.8. The van der Waals surface area contributed by atoms with Gasteiger partial charge in [0.25, 0.3) is 0 Å². The number of urea groups is 1. The average molecular weight is 1020 g/mol. The van der Waals surface area contributed by atoms with E-state index in [9.17, 15) is 43.5 Å². The van der Waals surface area contributed by atoms with E-state index in [1.165, 1.54) is 13.0 Å². The van der Waals surface area contributed by atoms with Gasteiger partial charge in [-0.15, -0.1) is 0 Å². The van der Waals surface area contributed by atoms with E-state index >= 15 is 0 Å². The molecule has 2 fully saturated rings. The normalized spacial score (nSPS) is 17.2. The van der Waals surface area contributed by atoms with Crippen LogP contribution in [0, 0.1) is 17.4 Å². The van der Waals surface area contributed by atoms with E-state index in [-0.39, 0.29) is 68.0 Å². The number of aryl methyl sites for hydroxylation is 2. The molecule has 2 aromatic rings. The van der Waals surface area contributed by atoms with Gasteiger partial charge in [-0.1, -0.05) is 37.1 Å². The summed E-state index contributed by atoms with van der Waals surface area (Å²) in [5, 5.41) is 30.1. The summed E-state index contributed by atoms with van der Waals surface area (Å²) >= 11 is 3.83. The first-order valence-electron chi connectivity index (χ1n) is 21.9. The van der Waals surface area contributed by atoms with Gasteiger partial charge in [-0.25, -0.2) is 9.59 Å². The first-order chi connectivity index (χ1) is 30.6. The molecule has 2 aliphatic heterocycles. The molecule has 0 unspecified atom stereocenters. The maximum absolute atomic E-state index is 13.6. The van der Waals surface area contributed by atoms with Crippen LogP contribution in [0.4, 0.5) is 4.79 Å². The summed E-state index contributed by atoms with van der Waals surface area (Å²) in [4.78, 5) is 100. The number of hydrogen-bond acceptors (Lipinski definition) is 11. The van der Waals surface area contributed by atoms with Crippen molar-refractivity contribution in [1.29, 1.82) is 0 Å². The Morgan fingerprint density at radius 1 is 0.828 bits per heavy atom. The number of Topliss-reactive ketones (excluding diaryl/α,β-unsaturated/α-hetero) is 1. The first-order valence-corrected chi connectivity index (χ1v) is 24.0. The molecule has 5 atom stereocenters. The molecule has 2 saturated heterocycles. The van der Waals surface area contributed by atoms with Crippen molar-refractivity contribution in [3.63, 3.8) is 0 Å². The maximum atomic E-state index is 13.6. The topological polar surface area (TPSA) is 250 Å². The number of esters is 1. The Kier molecular flexibility index (Phi) is 21.6. The van der Waals surface area contributed by atoms with Crippen molar-refractivity contribution in [3.8, 4) is 5.75 Å². The highest BCUT2D eigenvalue weighted by Crippen LogP contribution is 2.33. The number of ketones is 1. The number of phenolic OH excluding ortho intramolecular Hbond substituents is 1.